The predicted octanol–water partition coefficient (Wildman–Crippen LogP) is 2.19. The average Bonchev–Trinajstić information content (AvgIpc) is 2.35. The van der Waals surface area contributed by atoms with Crippen LogP contribution in [-0.2, 0) is 4.79 Å². The first kappa shape index (κ1) is 12.7. The summed E-state index contributed by atoms with van der Waals surface area (Å²) >= 11 is 0. The number of rotatable bonds is 1. The summed E-state index contributed by atoms with van der Waals surface area (Å²) in [4.78, 5) is 10.5. The van der Waals surface area contributed by atoms with Crippen LogP contribution in [0, 0.1) is 0 Å². The zero-order chi connectivity index (χ0) is 11.8. The summed E-state index contributed by atoms with van der Waals surface area (Å²) in [6.07, 6.45) is 2.60. The first-order chi connectivity index (χ1) is 7.74. The second kappa shape index (κ2) is 7.01. The highest BCUT2D eigenvalue weighted by Crippen LogP contribution is 2.13. The van der Waals surface area contributed by atoms with Crippen LogP contribution in [0.15, 0.2) is 30.3 Å². The molecular formula is C13H18O3. The monoisotopic (exact) mass is 222 g/mol. The van der Waals surface area contributed by atoms with Crippen molar-refractivity contribution in [3.63, 3.8) is 0 Å². The Hall–Kier alpha value is -1.35. The van der Waals surface area contributed by atoms with Crippen molar-refractivity contribution in [1.29, 1.82) is 0 Å². The molecule has 0 spiro atoms. The first-order valence-electron chi connectivity index (χ1n) is 5.54. The molecule has 1 fully saturated rings. The summed E-state index contributed by atoms with van der Waals surface area (Å²) in [5.74, 6) is 0.934. The summed E-state index contributed by atoms with van der Waals surface area (Å²) in [7, 11) is 1.66. The van der Waals surface area contributed by atoms with E-state index >= 15 is 0 Å². The zero-order valence-corrected chi connectivity index (χ0v) is 9.56. The summed E-state index contributed by atoms with van der Waals surface area (Å²) in [5, 5.41) is 8.83. The van der Waals surface area contributed by atoms with Crippen LogP contribution in [0.4, 0.5) is 0 Å². The minimum Gasteiger partial charge on any atom is -0.497 e. The third-order valence-electron chi connectivity index (χ3n) is 2.50. The lowest BCUT2D eigenvalue weighted by molar-refractivity contribution is -0.129. The van der Waals surface area contributed by atoms with Crippen molar-refractivity contribution in [2.45, 2.75) is 31.8 Å². The van der Waals surface area contributed by atoms with Crippen LogP contribution < -0.4 is 4.74 Å². The largest absolute Gasteiger partial charge is 0.497 e. The predicted molar refractivity (Wildman–Crippen MR) is 62.5 cm³/mol. The van der Waals surface area contributed by atoms with E-state index in [4.69, 9.17) is 9.84 Å². The van der Waals surface area contributed by atoms with E-state index in [1.54, 1.807) is 7.11 Å². The number of benzene rings is 1. The number of carbonyl (C=O) groups excluding carboxylic acids is 1. The van der Waals surface area contributed by atoms with Gasteiger partial charge in [0, 0.05) is 6.42 Å². The molecule has 0 heterocycles. The van der Waals surface area contributed by atoms with E-state index in [0.717, 1.165) is 18.6 Å². The molecule has 88 valence electrons. The van der Waals surface area contributed by atoms with Crippen LogP contribution in [0.5, 0.6) is 5.75 Å². The van der Waals surface area contributed by atoms with Gasteiger partial charge in [0.1, 0.15) is 11.9 Å². The van der Waals surface area contributed by atoms with E-state index in [2.05, 4.69) is 0 Å². The average molecular weight is 222 g/mol. The third kappa shape index (κ3) is 4.45. The number of hydrogen-bond donors (Lipinski definition) is 1. The summed E-state index contributed by atoms with van der Waals surface area (Å²) in [6.45, 7) is 0. The number of aliphatic hydroxyl groups is 1. The van der Waals surface area contributed by atoms with Gasteiger partial charge in [0.2, 0.25) is 0 Å². The van der Waals surface area contributed by atoms with E-state index in [0.29, 0.717) is 12.8 Å². The van der Waals surface area contributed by atoms with Gasteiger partial charge >= 0.3 is 0 Å². The molecule has 0 radical (unpaired) electrons. The van der Waals surface area contributed by atoms with Gasteiger partial charge in [0.15, 0.2) is 5.78 Å². The molecule has 1 aromatic carbocycles. The van der Waals surface area contributed by atoms with E-state index in [1.807, 2.05) is 30.3 Å². The molecule has 0 aliphatic heterocycles. The zero-order valence-electron chi connectivity index (χ0n) is 9.56. The number of ketones is 1. The third-order valence-corrected chi connectivity index (χ3v) is 2.50. The van der Waals surface area contributed by atoms with Crippen LogP contribution in [0.3, 0.4) is 0 Å². The number of methoxy groups -OCH3 is 1. The molecule has 0 amide bonds. The molecule has 1 aliphatic carbocycles. The minimum atomic E-state index is -0.635. The Labute approximate surface area is 96.1 Å². The van der Waals surface area contributed by atoms with Gasteiger partial charge in [-0.15, -0.1) is 0 Å². The van der Waals surface area contributed by atoms with Gasteiger partial charge in [-0.3, -0.25) is 4.79 Å². The molecule has 0 bridgehead atoms. The Balaban J connectivity index is 0.000000160. The Morgan fingerprint density at radius 3 is 2.31 bits per heavy atom. The maximum absolute atomic E-state index is 10.5. The number of aliphatic hydroxyl groups excluding tert-OH is 1. The molecule has 1 unspecified atom stereocenters. The molecule has 0 aromatic heterocycles. The van der Waals surface area contributed by atoms with Crippen molar-refractivity contribution >= 4 is 5.78 Å². The van der Waals surface area contributed by atoms with Gasteiger partial charge in [-0.05, 0) is 31.4 Å². The normalized spacial score (nSPS) is 19.6. The number of carbonyl (C=O) groups is 1. The minimum absolute atomic E-state index is 0.0243. The molecular weight excluding hydrogens is 204 g/mol. The van der Waals surface area contributed by atoms with Crippen molar-refractivity contribution in [1.82, 2.24) is 0 Å². The maximum Gasteiger partial charge on any atom is 0.161 e. The number of Topliss-reactive ketones (excluding diaryl/α,β-unsaturated/α-hetero) is 1. The summed E-state index contributed by atoms with van der Waals surface area (Å²) in [6, 6.07) is 9.68. The van der Waals surface area contributed by atoms with Gasteiger partial charge < -0.3 is 9.84 Å². The lowest BCUT2D eigenvalue weighted by Gasteiger charge is -2.13. The Morgan fingerprint density at radius 2 is 1.94 bits per heavy atom. The molecule has 1 atom stereocenters. The lowest BCUT2D eigenvalue weighted by atomic mass is 9.97. The maximum atomic E-state index is 10.5. The first-order valence-corrected chi connectivity index (χ1v) is 5.54. The molecule has 1 N–H and O–H groups in total. The molecule has 3 heteroatoms. The van der Waals surface area contributed by atoms with Crippen molar-refractivity contribution < 1.29 is 14.6 Å². The highest BCUT2D eigenvalue weighted by Gasteiger charge is 2.18. The van der Waals surface area contributed by atoms with Crippen LogP contribution in [0.1, 0.15) is 25.7 Å². The fraction of sp³-hybridized carbons (Fsp3) is 0.462. The van der Waals surface area contributed by atoms with Gasteiger partial charge in [-0.25, -0.2) is 0 Å². The van der Waals surface area contributed by atoms with E-state index in [1.165, 1.54) is 0 Å². The fourth-order valence-electron chi connectivity index (χ4n) is 1.52. The van der Waals surface area contributed by atoms with Gasteiger partial charge in [0.25, 0.3) is 0 Å². The van der Waals surface area contributed by atoms with Crippen LogP contribution in [0.2, 0.25) is 0 Å². The van der Waals surface area contributed by atoms with Crippen LogP contribution in [0.25, 0.3) is 0 Å². The van der Waals surface area contributed by atoms with Crippen LogP contribution in [-0.4, -0.2) is 24.1 Å². The SMILES string of the molecule is COc1ccccc1.O=C1CCCCC1O. The fourth-order valence-corrected chi connectivity index (χ4v) is 1.52. The summed E-state index contributed by atoms with van der Waals surface area (Å²) in [5.41, 5.74) is 0. The number of hydrogen-bond acceptors (Lipinski definition) is 3. The van der Waals surface area contributed by atoms with Crippen molar-refractivity contribution in [2.75, 3.05) is 7.11 Å². The topological polar surface area (TPSA) is 46.5 Å². The Kier molecular flexibility index (Phi) is 5.57. The summed E-state index contributed by atoms with van der Waals surface area (Å²) < 4.78 is 4.91. The van der Waals surface area contributed by atoms with Gasteiger partial charge in [-0.2, -0.15) is 0 Å². The van der Waals surface area contributed by atoms with E-state index in [9.17, 15) is 4.79 Å². The number of ether oxygens (including phenoxy) is 1. The highest BCUT2D eigenvalue weighted by molar-refractivity contribution is 5.83. The Bertz CT molecular complexity index is 308. The molecule has 16 heavy (non-hydrogen) atoms. The molecule has 1 aliphatic rings. The molecule has 0 saturated heterocycles. The van der Waals surface area contributed by atoms with Crippen molar-refractivity contribution in [3.8, 4) is 5.75 Å². The molecule has 1 aromatic rings. The molecule has 2 rings (SSSR count). The highest BCUT2D eigenvalue weighted by atomic mass is 16.5. The van der Waals surface area contributed by atoms with E-state index < -0.39 is 6.10 Å². The van der Waals surface area contributed by atoms with Crippen molar-refractivity contribution in [3.05, 3.63) is 30.3 Å². The second-order valence-electron chi connectivity index (χ2n) is 3.75. The van der Waals surface area contributed by atoms with Gasteiger partial charge in [-0.1, -0.05) is 18.2 Å². The van der Waals surface area contributed by atoms with Gasteiger partial charge in [0.05, 0.1) is 7.11 Å². The second-order valence-corrected chi connectivity index (χ2v) is 3.75. The van der Waals surface area contributed by atoms with Crippen LogP contribution >= 0.6 is 0 Å². The smallest absolute Gasteiger partial charge is 0.161 e. The standard InChI is InChI=1S/C7H8O.C6H10O2/c1-8-7-5-3-2-4-6-7;7-5-3-1-2-4-6(5)8/h2-6H,1H3;5,7H,1-4H2. The lowest BCUT2D eigenvalue weighted by Crippen LogP contribution is -2.23. The van der Waals surface area contributed by atoms with E-state index in [-0.39, 0.29) is 5.78 Å². The molecule has 1 saturated carbocycles. The molecule has 3 nitrogen and oxygen atoms in total. The number of para-hydroxylation sites is 1. The van der Waals surface area contributed by atoms with Crippen molar-refractivity contribution in [2.24, 2.45) is 0 Å². The quantitative estimate of drug-likeness (QED) is 0.792. The Morgan fingerprint density at radius 1 is 1.25 bits per heavy atom.